The highest BCUT2D eigenvalue weighted by Gasteiger charge is 2.52. The molecule has 0 amide bonds. The molecule has 10 nitrogen and oxygen atoms in total. The van der Waals surface area contributed by atoms with E-state index in [2.05, 4.69) is 89.8 Å². The van der Waals surface area contributed by atoms with Crippen molar-refractivity contribution in [2.75, 3.05) is 0 Å². The van der Waals surface area contributed by atoms with Crippen molar-refractivity contribution < 1.29 is 18.6 Å². The van der Waals surface area contributed by atoms with Crippen molar-refractivity contribution in [3.63, 3.8) is 0 Å². The Labute approximate surface area is 361 Å². The number of benzene rings is 3. The van der Waals surface area contributed by atoms with Gasteiger partial charge in [-0.15, -0.1) is 0 Å². The maximum absolute atomic E-state index is 6.06. The van der Waals surface area contributed by atoms with E-state index in [1.807, 2.05) is 128 Å². The first-order valence-corrected chi connectivity index (χ1v) is 20.4. The second-order valence-corrected chi connectivity index (χ2v) is 18.1. The fourth-order valence-electron chi connectivity index (χ4n) is 5.57. The van der Waals surface area contributed by atoms with Gasteiger partial charge in [0, 0.05) is 76.1 Å². The number of aryl methyl sites for hydroxylation is 3. The van der Waals surface area contributed by atoms with Crippen LogP contribution in [0.3, 0.4) is 0 Å². The highest BCUT2D eigenvalue weighted by molar-refractivity contribution is 14.1. The number of hydrogen-bond donors (Lipinski definition) is 0. The maximum atomic E-state index is 6.06. The first-order chi connectivity index (χ1) is 26.6. The lowest BCUT2D eigenvalue weighted by Gasteiger charge is -2.32. The Hall–Kier alpha value is -3.43. The molecule has 0 bridgehead atoms. The maximum Gasteiger partial charge on any atom is 0.498 e. The Kier molecular flexibility index (Phi) is 14.3. The van der Waals surface area contributed by atoms with Gasteiger partial charge >= 0.3 is 14.2 Å². The van der Waals surface area contributed by atoms with E-state index in [0.717, 1.165) is 43.2 Å². The molecule has 6 aromatic rings. The first-order valence-electron chi connectivity index (χ1n) is 18.6. The molecule has 2 aliphatic rings. The zero-order chi connectivity index (χ0) is 41.8. The summed E-state index contributed by atoms with van der Waals surface area (Å²) < 4.78 is 30.4. The summed E-state index contributed by atoms with van der Waals surface area (Å²) in [6.07, 6.45) is 11.4. The van der Waals surface area contributed by atoms with E-state index in [9.17, 15) is 0 Å². The molecule has 0 radical (unpaired) electrons. The van der Waals surface area contributed by atoms with Gasteiger partial charge in [0.1, 0.15) is 0 Å². The van der Waals surface area contributed by atoms with Crippen LogP contribution in [-0.4, -0.2) is 66.0 Å². The van der Waals surface area contributed by atoms with Gasteiger partial charge in [-0.1, -0.05) is 59.6 Å². The second kappa shape index (κ2) is 18.2. The molecule has 0 saturated carbocycles. The molecule has 57 heavy (non-hydrogen) atoms. The zero-order valence-electron chi connectivity index (χ0n) is 34.5. The molecule has 3 aromatic carbocycles. The van der Waals surface area contributed by atoms with Crippen LogP contribution in [0.25, 0.3) is 22.3 Å². The van der Waals surface area contributed by atoms with Crippen LogP contribution in [0.1, 0.15) is 55.4 Å². The van der Waals surface area contributed by atoms with Gasteiger partial charge in [0.25, 0.3) is 0 Å². The lowest BCUT2D eigenvalue weighted by molar-refractivity contribution is 0.00578. The number of halogens is 3. The van der Waals surface area contributed by atoms with E-state index in [4.69, 9.17) is 41.8 Å². The molecule has 2 aliphatic heterocycles. The molecule has 0 unspecified atom stereocenters. The van der Waals surface area contributed by atoms with Crippen LogP contribution in [-0.2, 0) is 39.8 Å². The van der Waals surface area contributed by atoms with Crippen LogP contribution in [0.2, 0.25) is 10.0 Å². The minimum absolute atomic E-state index is 0.284. The van der Waals surface area contributed by atoms with Crippen LogP contribution >= 0.6 is 45.8 Å². The molecule has 300 valence electrons. The molecular formula is C42H51B2Cl2IN6O4. The Balaban J connectivity index is 0.000000153. The summed E-state index contributed by atoms with van der Waals surface area (Å²) >= 11 is 13.6. The Morgan fingerprint density at radius 1 is 0.456 bits per heavy atom. The lowest BCUT2D eigenvalue weighted by atomic mass is 9.78. The highest BCUT2D eigenvalue weighted by Crippen LogP contribution is 2.37. The van der Waals surface area contributed by atoms with E-state index in [0.29, 0.717) is 0 Å². The normalized spacial score (nSPS) is 17.2. The first kappa shape index (κ1) is 44.7. The van der Waals surface area contributed by atoms with E-state index in [-0.39, 0.29) is 36.6 Å². The van der Waals surface area contributed by atoms with Crippen molar-refractivity contribution >= 4 is 71.0 Å². The van der Waals surface area contributed by atoms with Gasteiger partial charge in [-0.25, -0.2) is 0 Å². The minimum atomic E-state index is -0.307. The van der Waals surface area contributed by atoms with Crippen molar-refractivity contribution in [2.45, 2.75) is 77.8 Å². The van der Waals surface area contributed by atoms with Crippen molar-refractivity contribution in [1.82, 2.24) is 29.3 Å². The topological polar surface area (TPSA) is 90.4 Å². The van der Waals surface area contributed by atoms with Gasteiger partial charge in [0.2, 0.25) is 0 Å². The average Bonchev–Trinajstić information content (AvgIpc) is 3.96. The van der Waals surface area contributed by atoms with Crippen LogP contribution in [0.5, 0.6) is 0 Å². The number of aromatic nitrogens is 6. The molecule has 8 rings (SSSR count). The lowest BCUT2D eigenvalue weighted by Crippen LogP contribution is -2.41. The molecule has 3 aromatic heterocycles. The average molecular weight is 923 g/mol. The molecule has 5 heterocycles. The summed E-state index contributed by atoms with van der Waals surface area (Å²) in [5.41, 5.74) is 5.33. The third-order valence-corrected chi connectivity index (χ3v) is 11.6. The third kappa shape index (κ3) is 11.6. The highest BCUT2D eigenvalue weighted by atomic mass is 127. The third-order valence-electron chi connectivity index (χ3n) is 10.4. The van der Waals surface area contributed by atoms with Gasteiger partial charge < -0.3 is 18.6 Å². The minimum Gasteiger partial charge on any atom is -0.399 e. The molecular weight excluding hydrogens is 872 g/mol. The number of hydrogen-bond acceptors (Lipinski definition) is 7. The van der Waals surface area contributed by atoms with Crippen LogP contribution in [0.15, 0.2) is 110 Å². The number of nitrogens with zero attached hydrogens (tertiary/aromatic N) is 6. The Bertz CT molecular complexity index is 2150. The van der Waals surface area contributed by atoms with Gasteiger partial charge in [-0.3, -0.25) is 14.0 Å². The van der Waals surface area contributed by atoms with E-state index >= 15 is 0 Å². The molecule has 2 saturated heterocycles. The second-order valence-electron chi connectivity index (χ2n) is 16.0. The smallest absolute Gasteiger partial charge is 0.399 e. The van der Waals surface area contributed by atoms with Crippen molar-refractivity contribution in [2.24, 2.45) is 21.1 Å². The van der Waals surface area contributed by atoms with E-state index in [1.165, 1.54) is 3.57 Å². The Morgan fingerprint density at radius 2 is 0.789 bits per heavy atom. The molecule has 0 atom stereocenters. The van der Waals surface area contributed by atoms with Crippen molar-refractivity contribution in [3.8, 4) is 22.3 Å². The van der Waals surface area contributed by atoms with Gasteiger partial charge in [0.05, 0.1) is 34.8 Å². The fraction of sp³-hybridized carbons (Fsp3) is 0.357. The van der Waals surface area contributed by atoms with Crippen molar-refractivity contribution in [1.29, 1.82) is 0 Å². The quantitative estimate of drug-likeness (QED) is 0.129. The van der Waals surface area contributed by atoms with Crippen LogP contribution in [0, 0.1) is 3.57 Å². The number of rotatable bonds is 4. The SMILES string of the molecule is Clc1ccc(I)cc1.Cn1cc(-c2ccc(B3OC(C)(C)C(C)(C)O3)cc2)cn1.Cn1cc(-c2ccc(Cl)cc2)cn1.Cn1cc(B2OC(C)(C)C(C)(C)O2)cn1. The summed E-state index contributed by atoms with van der Waals surface area (Å²) in [6, 6.07) is 23.7. The molecule has 0 spiro atoms. The van der Waals surface area contributed by atoms with Gasteiger partial charge in [-0.2, -0.15) is 15.3 Å². The summed E-state index contributed by atoms with van der Waals surface area (Å²) in [5, 5.41) is 14.0. The zero-order valence-corrected chi connectivity index (χ0v) is 38.2. The van der Waals surface area contributed by atoms with Crippen LogP contribution in [0.4, 0.5) is 0 Å². The molecule has 0 N–H and O–H groups in total. The summed E-state index contributed by atoms with van der Waals surface area (Å²) in [6.45, 7) is 16.4. The van der Waals surface area contributed by atoms with Crippen molar-refractivity contribution in [3.05, 3.63) is 124 Å². The summed E-state index contributed by atoms with van der Waals surface area (Å²) in [5.74, 6) is 0. The van der Waals surface area contributed by atoms with Crippen LogP contribution < -0.4 is 10.9 Å². The summed E-state index contributed by atoms with van der Waals surface area (Å²) in [7, 11) is 5.10. The van der Waals surface area contributed by atoms with Gasteiger partial charge in [0.15, 0.2) is 0 Å². The van der Waals surface area contributed by atoms with E-state index in [1.54, 1.807) is 20.2 Å². The standard InChI is InChI=1S/C16H21BN2O2.C10H17BN2O2.C10H9ClN2.C6H4ClI/c1-15(2)16(3,4)21-17(20-15)14-8-6-12(7-9-14)13-10-18-19(5)11-13;1-9(2)10(3,4)15-11(14-9)8-6-12-13(5)7-8;1-13-7-9(6-12-13)8-2-4-10(11)5-3-8;7-5-1-3-6(8)4-2-5/h6-11H,1-5H3;6-7H,1-5H3;2-7H,1H3;1-4H. The Morgan fingerprint density at radius 3 is 1.12 bits per heavy atom. The predicted molar refractivity (Wildman–Crippen MR) is 241 cm³/mol. The predicted octanol–water partition coefficient (Wildman–Crippen LogP) is 8.79. The molecule has 15 heteroatoms. The summed E-state index contributed by atoms with van der Waals surface area (Å²) in [4.78, 5) is 0. The van der Waals surface area contributed by atoms with E-state index < -0.39 is 0 Å². The monoisotopic (exact) mass is 922 g/mol. The molecule has 2 fully saturated rings. The fourth-order valence-corrected chi connectivity index (χ4v) is 6.18. The largest absolute Gasteiger partial charge is 0.498 e. The van der Waals surface area contributed by atoms with Gasteiger partial charge in [-0.05, 0) is 131 Å². The molecule has 0 aliphatic carbocycles.